The molecule has 0 fully saturated rings. The lowest BCUT2D eigenvalue weighted by molar-refractivity contribution is -0.135. The minimum absolute atomic E-state index is 0.0340. The summed E-state index contributed by atoms with van der Waals surface area (Å²) in [6.45, 7) is 8.65. The van der Waals surface area contributed by atoms with E-state index in [2.05, 4.69) is 5.48 Å². The number of carbonyl (C=O) groups excluding carboxylic acids is 1. The molecule has 0 saturated carbocycles. The van der Waals surface area contributed by atoms with Crippen LogP contribution in [0.2, 0.25) is 0 Å². The van der Waals surface area contributed by atoms with Gasteiger partial charge in [0.1, 0.15) is 6.54 Å². The van der Waals surface area contributed by atoms with Crippen LogP contribution in [0.5, 0.6) is 0 Å². The van der Waals surface area contributed by atoms with Crippen molar-refractivity contribution in [2.24, 2.45) is 0 Å². The van der Waals surface area contributed by atoms with Gasteiger partial charge in [-0.25, -0.2) is 0 Å². The molecule has 78 valence electrons. The third-order valence-corrected chi connectivity index (χ3v) is 1.50. The van der Waals surface area contributed by atoms with E-state index in [1.165, 1.54) is 0 Å². The molecule has 4 heteroatoms. The van der Waals surface area contributed by atoms with Crippen LogP contribution in [0.4, 0.5) is 0 Å². The Kier molecular flexibility index (Phi) is 4.95. The molecule has 0 bridgehead atoms. The summed E-state index contributed by atoms with van der Waals surface area (Å²) in [6, 6.07) is 0. The van der Waals surface area contributed by atoms with Crippen molar-refractivity contribution in [2.45, 2.75) is 33.3 Å². The average molecular weight is 188 g/mol. The highest BCUT2D eigenvalue weighted by atomic mass is 16.7. The zero-order valence-corrected chi connectivity index (χ0v) is 9.18. The number of hydrogen-bond acceptors (Lipinski definition) is 3. The molecule has 0 aromatic heterocycles. The second-order valence-electron chi connectivity index (χ2n) is 3.94. The molecular formula is C9H20N2O2. The van der Waals surface area contributed by atoms with E-state index in [-0.39, 0.29) is 18.1 Å². The van der Waals surface area contributed by atoms with Gasteiger partial charge in [-0.15, -0.1) is 0 Å². The Balaban J connectivity index is 3.60. The van der Waals surface area contributed by atoms with Gasteiger partial charge in [-0.3, -0.25) is 9.63 Å². The third kappa shape index (κ3) is 6.54. The Bertz CT molecular complexity index is 163. The first-order valence-electron chi connectivity index (χ1n) is 4.51. The van der Waals surface area contributed by atoms with E-state index in [1.807, 2.05) is 27.7 Å². The number of hydroxylamine groups is 1. The van der Waals surface area contributed by atoms with Gasteiger partial charge in [-0.05, 0) is 27.7 Å². The maximum atomic E-state index is 11.2. The smallest absolute Gasteiger partial charge is 0.238 e. The minimum Gasteiger partial charge on any atom is -0.345 e. The van der Waals surface area contributed by atoms with Gasteiger partial charge in [-0.1, -0.05) is 0 Å². The zero-order valence-electron chi connectivity index (χ0n) is 9.18. The molecule has 0 heterocycles. The number of likely N-dealkylation sites (N-methyl/N-ethyl adjacent to an activating group) is 1. The van der Waals surface area contributed by atoms with Crippen LogP contribution in [0, 0.1) is 0 Å². The topological polar surface area (TPSA) is 41.6 Å². The predicted molar refractivity (Wildman–Crippen MR) is 52.2 cm³/mol. The van der Waals surface area contributed by atoms with Crippen LogP contribution in [0.3, 0.4) is 0 Å². The van der Waals surface area contributed by atoms with Crippen molar-refractivity contribution in [1.82, 2.24) is 10.4 Å². The summed E-state index contributed by atoms with van der Waals surface area (Å²) in [5, 5.41) is 0. The highest BCUT2D eigenvalue weighted by Gasteiger charge is 2.12. The molecule has 0 rings (SSSR count). The fraction of sp³-hybridized carbons (Fsp3) is 0.889. The molecule has 0 spiro atoms. The fourth-order valence-electron chi connectivity index (χ4n) is 0.626. The van der Waals surface area contributed by atoms with Gasteiger partial charge in [-0.2, -0.15) is 5.48 Å². The molecule has 0 aromatic carbocycles. The van der Waals surface area contributed by atoms with Crippen LogP contribution in [-0.2, 0) is 9.63 Å². The monoisotopic (exact) mass is 188 g/mol. The van der Waals surface area contributed by atoms with Crippen molar-refractivity contribution in [3.8, 4) is 0 Å². The molecule has 1 amide bonds. The summed E-state index contributed by atoms with van der Waals surface area (Å²) in [6.07, 6.45) is 0. The molecule has 0 aliphatic carbocycles. The Morgan fingerprint density at radius 1 is 1.46 bits per heavy atom. The van der Waals surface area contributed by atoms with Crippen molar-refractivity contribution in [3.05, 3.63) is 0 Å². The summed E-state index contributed by atoms with van der Waals surface area (Å²) in [5.74, 6) is 0.0340. The van der Waals surface area contributed by atoms with E-state index in [0.29, 0.717) is 0 Å². The van der Waals surface area contributed by atoms with Crippen LogP contribution < -0.4 is 5.48 Å². The molecule has 13 heavy (non-hydrogen) atoms. The normalized spacial score (nSPS) is 11.5. The number of nitrogens with one attached hydrogen (secondary N) is 1. The largest absolute Gasteiger partial charge is 0.345 e. The van der Waals surface area contributed by atoms with Gasteiger partial charge >= 0.3 is 0 Å². The van der Waals surface area contributed by atoms with E-state index in [0.717, 1.165) is 6.54 Å². The highest BCUT2D eigenvalue weighted by molar-refractivity contribution is 5.77. The lowest BCUT2D eigenvalue weighted by Crippen LogP contribution is -2.38. The number of amides is 1. The molecule has 0 radical (unpaired) electrons. The quantitative estimate of drug-likeness (QED) is 0.663. The standard InChI is InChI=1S/C9H20N2O2/c1-6-11(5)8(12)7-10-13-9(2,3)4/h10H,6-7H2,1-5H3. The second-order valence-corrected chi connectivity index (χ2v) is 3.94. The van der Waals surface area contributed by atoms with Gasteiger partial charge in [0.25, 0.3) is 0 Å². The van der Waals surface area contributed by atoms with Crippen LogP contribution in [-0.4, -0.2) is 36.5 Å². The maximum absolute atomic E-state index is 11.2. The lowest BCUT2D eigenvalue weighted by Gasteiger charge is -2.20. The van der Waals surface area contributed by atoms with Crippen molar-refractivity contribution < 1.29 is 9.63 Å². The lowest BCUT2D eigenvalue weighted by atomic mass is 10.2. The summed E-state index contributed by atoms with van der Waals surface area (Å²) in [4.78, 5) is 18.1. The van der Waals surface area contributed by atoms with Crippen LogP contribution >= 0.6 is 0 Å². The van der Waals surface area contributed by atoms with E-state index in [1.54, 1.807) is 11.9 Å². The molecule has 0 aliphatic heterocycles. The molecule has 4 nitrogen and oxygen atoms in total. The predicted octanol–water partition coefficient (Wildman–Crippen LogP) is 0.784. The Morgan fingerprint density at radius 2 is 2.00 bits per heavy atom. The maximum Gasteiger partial charge on any atom is 0.238 e. The Labute approximate surface area is 80.2 Å². The SMILES string of the molecule is CCN(C)C(=O)CNOC(C)(C)C. The van der Waals surface area contributed by atoms with E-state index < -0.39 is 0 Å². The summed E-state index contributed by atoms with van der Waals surface area (Å²) >= 11 is 0. The molecule has 0 aromatic rings. The molecule has 0 aliphatic rings. The Hall–Kier alpha value is -0.610. The third-order valence-electron chi connectivity index (χ3n) is 1.50. The van der Waals surface area contributed by atoms with Gasteiger partial charge in [0.2, 0.25) is 5.91 Å². The average Bonchev–Trinajstić information content (AvgIpc) is 2.00. The molecule has 0 saturated heterocycles. The number of rotatable bonds is 4. The first kappa shape index (κ1) is 12.4. The first-order chi connectivity index (χ1) is 5.87. The zero-order chi connectivity index (χ0) is 10.5. The van der Waals surface area contributed by atoms with Crippen LogP contribution in [0.1, 0.15) is 27.7 Å². The van der Waals surface area contributed by atoms with Gasteiger partial charge < -0.3 is 4.90 Å². The van der Waals surface area contributed by atoms with Crippen molar-refractivity contribution in [1.29, 1.82) is 0 Å². The molecule has 0 unspecified atom stereocenters. The first-order valence-corrected chi connectivity index (χ1v) is 4.51. The summed E-state index contributed by atoms with van der Waals surface area (Å²) < 4.78 is 0. The number of carbonyl (C=O) groups is 1. The van der Waals surface area contributed by atoms with Crippen molar-refractivity contribution >= 4 is 5.91 Å². The minimum atomic E-state index is -0.259. The van der Waals surface area contributed by atoms with Crippen molar-refractivity contribution in [3.63, 3.8) is 0 Å². The highest BCUT2D eigenvalue weighted by Crippen LogP contribution is 2.02. The summed E-state index contributed by atoms with van der Waals surface area (Å²) in [5.41, 5.74) is 2.39. The summed E-state index contributed by atoms with van der Waals surface area (Å²) in [7, 11) is 1.76. The second kappa shape index (κ2) is 5.19. The van der Waals surface area contributed by atoms with E-state index in [9.17, 15) is 4.79 Å². The van der Waals surface area contributed by atoms with Crippen molar-refractivity contribution in [2.75, 3.05) is 20.1 Å². The molecular weight excluding hydrogens is 168 g/mol. The fourth-order valence-corrected chi connectivity index (χ4v) is 0.626. The van der Waals surface area contributed by atoms with E-state index in [4.69, 9.17) is 4.84 Å². The molecule has 1 N–H and O–H groups in total. The number of nitrogens with zero attached hydrogens (tertiary/aromatic N) is 1. The number of hydrogen-bond donors (Lipinski definition) is 1. The van der Waals surface area contributed by atoms with Gasteiger partial charge in [0.05, 0.1) is 5.60 Å². The van der Waals surface area contributed by atoms with E-state index >= 15 is 0 Å². The van der Waals surface area contributed by atoms with Gasteiger partial charge in [0.15, 0.2) is 0 Å². The van der Waals surface area contributed by atoms with Gasteiger partial charge in [0, 0.05) is 13.6 Å². The van der Waals surface area contributed by atoms with Crippen LogP contribution in [0.25, 0.3) is 0 Å². The molecule has 0 atom stereocenters. The Morgan fingerprint density at radius 3 is 2.38 bits per heavy atom. The van der Waals surface area contributed by atoms with Crippen LogP contribution in [0.15, 0.2) is 0 Å².